The van der Waals surface area contributed by atoms with Crippen LogP contribution in [-0.2, 0) is 16.6 Å². The highest BCUT2D eigenvalue weighted by Crippen LogP contribution is 2.32. The number of benzene rings is 3. The van der Waals surface area contributed by atoms with Crippen molar-refractivity contribution in [3.8, 4) is 22.6 Å². The van der Waals surface area contributed by atoms with E-state index in [1.54, 1.807) is 32.4 Å². The van der Waals surface area contributed by atoms with Crippen molar-refractivity contribution in [2.45, 2.75) is 30.3 Å². The van der Waals surface area contributed by atoms with Crippen molar-refractivity contribution in [2.75, 3.05) is 27.3 Å². The molecule has 0 spiro atoms. The molecule has 33 heavy (non-hydrogen) atoms. The summed E-state index contributed by atoms with van der Waals surface area (Å²) < 4.78 is 40.3. The van der Waals surface area contributed by atoms with Crippen LogP contribution in [0.3, 0.4) is 0 Å². The molecule has 4 rings (SSSR count). The summed E-state index contributed by atoms with van der Waals surface area (Å²) in [6.07, 6.45) is 1.56. The van der Waals surface area contributed by atoms with Gasteiger partial charge in [0.15, 0.2) is 0 Å². The zero-order valence-corrected chi connectivity index (χ0v) is 19.8. The van der Waals surface area contributed by atoms with Crippen molar-refractivity contribution in [3.63, 3.8) is 0 Å². The lowest BCUT2D eigenvalue weighted by molar-refractivity contribution is 0.200. The molecule has 0 radical (unpaired) electrons. The molecule has 6 nitrogen and oxygen atoms in total. The molecule has 1 N–H and O–H groups in total. The number of nitrogens with zero attached hydrogens (tertiary/aromatic N) is 1. The average Bonchev–Trinajstić information content (AvgIpc) is 2.85. The number of ether oxygens (including phenoxy) is 2. The molecular formula is C26H30N2O4S. The zero-order chi connectivity index (χ0) is 23.3. The molecule has 1 aliphatic rings. The Morgan fingerprint density at radius 2 is 1.52 bits per heavy atom. The number of sulfonamides is 1. The predicted molar refractivity (Wildman–Crippen MR) is 130 cm³/mol. The van der Waals surface area contributed by atoms with Crippen molar-refractivity contribution in [1.82, 2.24) is 9.62 Å². The van der Waals surface area contributed by atoms with Crippen LogP contribution in [0.2, 0.25) is 0 Å². The molecule has 7 heteroatoms. The van der Waals surface area contributed by atoms with Gasteiger partial charge in [-0.1, -0.05) is 42.5 Å². The van der Waals surface area contributed by atoms with Crippen LogP contribution in [0.5, 0.6) is 11.5 Å². The van der Waals surface area contributed by atoms with Gasteiger partial charge in [0.2, 0.25) is 10.0 Å². The van der Waals surface area contributed by atoms with Gasteiger partial charge in [-0.2, -0.15) is 0 Å². The number of hydrogen-bond donors (Lipinski definition) is 1. The summed E-state index contributed by atoms with van der Waals surface area (Å²) in [6.45, 7) is 2.60. The molecule has 1 fully saturated rings. The van der Waals surface area contributed by atoms with E-state index in [0.29, 0.717) is 17.1 Å². The highest BCUT2D eigenvalue weighted by molar-refractivity contribution is 7.89. The normalized spacial score (nSPS) is 15.3. The largest absolute Gasteiger partial charge is 0.497 e. The lowest BCUT2D eigenvalue weighted by Gasteiger charge is -2.32. The lowest BCUT2D eigenvalue weighted by Crippen LogP contribution is -2.44. The zero-order valence-electron chi connectivity index (χ0n) is 19.0. The van der Waals surface area contributed by atoms with Crippen LogP contribution in [0.25, 0.3) is 11.1 Å². The third kappa shape index (κ3) is 5.74. The third-order valence-corrected chi connectivity index (χ3v) is 7.61. The van der Waals surface area contributed by atoms with Gasteiger partial charge < -0.3 is 9.47 Å². The van der Waals surface area contributed by atoms with Crippen LogP contribution in [-0.4, -0.2) is 46.7 Å². The summed E-state index contributed by atoms with van der Waals surface area (Å²) in [5.41, 5.74) is 2.66. The van der Waals surface area contributed by atoms with E-state index < -0.39 is 10.0 Å². The lowest BCUT2D eigenvalue weighted by atomic mass is 10.1. The van der Waals surface area contributed by atoms with Crippen molar-refractivity contribution >= 4 is 10.0 Å². The van der Waals surface area contributed by atoms with Gasteiger partial charge in [-0.05, 0) is 54.3 Å². The fourth-order valence-electron chi connectivity index (χ4n) is 4.20. The Kier molecular flexibility index (Phi) is 7.33. The molecule has 1 saturated heterocycles. The first-order valence-corrected chi connectivity index (χ1v) is 12.6. The second-order valence-corrected chi connectivity index (χ2v) is 9.93. The smallest absolute Gasteiger partial charge is 0.241 e. The summed E-state index contributed by atoms with van der Waals surface area (Å²) in [6, 6.07) is 22.7. The van der Waals surface area contributed by atoms with Gasteiger partial charge in [-0.15, -0.1) is 0 Å². The maximum atomic E-state index is 13.4. The Balaban J connectivity index is 1.49. The van der Waals surface area contributed by atoms with E-state index in [2.05, 4.69) is 21.8 Å². The maximum Gasteiger partial charge on any atom is 0.241 e. The van der Waals surface area contributed by atoms with Crippen LogP contribution < -0.4 is 14.2 Å². The molecule has 0 atom stereocenters. The number of methoxy groups -OCH3 is 2. The molecule has 1 heterocycles. The summed E-state index contributed by atoms with van der Waals surface area (Å²) in [7, 11) is -0.536. The standard InChI is InChI=1S/C26H30N2O4S/c1-31-23-10-8-21(9-11-23)25-18-24(32-2)12-13-26(25)33(29,30)27-22-14-16-28(17-15-22)19-20-6-4-3-5-7-20/h3-13,18,22,27H,14-17,19H2,1-2H3. The maximum absolute atomic E-state index is 13.4. The highest BCUT2D eigenvalue weighted by Gasteiger charge is 2.27. The first kappa shape index (κ1) is 23.3. The Morgan fingerprint density at radius 3 is 2.15 bits per heavy atom. The van der Waals surface area contributed by atoms with Crippen molar-refractivity contribution in [1.29, 1.82) is 0 Å². The molecule has 0 aliphatic carbocycles. The first-order valence-electron chi connectivity index (χ1n) is 11.1. The van der Waals surface area contributed by atoms with E-state index in [0.717, 1.165) is 38.0 Å². The molecule has 174 valence electrons. The van der Waals surface area contributed by atoms with Gasteiger partial charge in [-0.3, -0.25) is 4.90 Å². The summed E-state index contributed by atoms with van der Waals surface area (Å²) in [5.74, 6) is 1.32. The summed E-state index contributed by atoms with van der Waals surface area (Å²) in [5, 5.41) is 0. The molecule has 3 aromatic carbocycles. The second-order valence-electron chi connectivity index (χ2n) is 8.25. The topological polar surface area (TPSA) is 67.9 Å². The molecule has 1 aliphatic heterocycles. The van der Waals surface area contributed by atoms with Gasteiger partial charge in [0.1, 0.15) is 11.5 Å². The number of hydrogen-bond acceptors (Lipinski definition) is 5. The van der Waals surface area contributed by atoms with E-state index in [4.69, 9.17) is 9.47 Å². The predicted octanol–water partition coefficient (Wildman–Crippen LogP) is 4.31. The second kappa shape index (κ2) is 10.4. The monoisotopic (exact) mass is 466 g/mol. The summed E-state index contributed by atoms with van der Waals surface area (Å²) in [4.78, 5) is 2.62. The van der Waals surface area contributed by atoms with Gasteiger partial charge in [-0.25, -0.2) is 13.1 Å². The van der Waals surface area contributed by atoms with Crippen molar-refractivity contribution in [3.05, 3.63) is 78.4 Å². The van der Waals surface area contributed by atoms with E-state index >= 15 is 0 Å². The molecule has 0 aromatic heterocycles. The van der Waals surface area contributed by atoms with Crippen molar-refractivity contribution < 1.29 is 17.9 Å². The van der Waals surface area contributed by atoms with E-state index in [-0.39, 0.29) is 10.9 Å². The molecule has 3 aromatic rings. The Morgan fingerprint density at radius 1 is 0.879 bits per heavy atom. The number of nitrogens with one attached hydrogen (secondary N) is 1. The Labute approximate surface area is 196 Å². The minimum Gasteiger partial charge on any atom is -0.497 e. The van der Waals surface area contributed by atoms with E-state index in [1.807, 2.05) is 42.5 Å². The molecular weight excluding hydrogens is 436 g/mol. The SMILES string of the molecule is COc1ccc(-c2cc(OC)ccc2S(=O)(=O)NC2CCN(Cc3ccccc3)CC2)cc1. The molecule has 0 unspecified atom stereocenters. The van der Waals surface area contributed by atoms with Gasteiger partial charge >= 0.3 is 0 Å². The van der Waals surface area contributed by atoms with E-state index in [1.165, 1.54) is 5.56 Å². The quantitative estimate of drug-likeness (QED) is 0.536. The van der Waals surface area contributed by atoms with Crippen LogP contribution >= 0.6 is 0 Å². The fourth-order valence-corrected chi connectivity index (χ4v) is 5.72. The highest BCUT2D eigenvalue weighted by atomic mass is 32.2. The molecule has 0 saturated carbocycles. The average molecular weight is 467 g/mol. The van der Waals surface area contributed by atoms with Crippen LogP contribution in [0, 0.1) is 0 Å². The minimum absolute atomic E-state index is 0.0900. The number of likely N-dealkylation sites (tertiary alicyclic amines) is 1. The van der Waals surface area contributed by atoms with Gasteiger partial charge in [0.05, 0.1) is 19.1 Å². The Hall–Kier alpha value is -2.87. The van der Waals surface area contributed by atoms with E-state index in [9.17, 15) is 8.42 Å². The third-order valence-electron chi connectivity index (χ3n) is 6.04. The molecule has 0 amide bonds. The first-order chi connectivity index (χ1) is 16.0. The molecule has 0 bridgehead atoms. The van der Waals surface area contributed by atoms with Gasteiger partial charge in [0.25, 0.3) is 0 Å². The number of piperidine rings is 1. The van der Waals surface area contributed by atoms with Crippen molar-refractivity contribution in [2.24, 2.45) is 0 Å². The Bertz CT molecular complexity index is 1160. The van der Waals surface area contributed by atoms with Gasteiger partial charge in [0, 0.05) is 31.2 Å². The fraction of sp³-hybridized carbons (Fsp3) is 0.308. The van der Waals surface area contributed by atoms with Crippen LogP contribution in [0.1, 0.15) is 18.4 Å². The van der Waals surface area contributed by atoms with Crippen LogP contribution in [0.4, 0.5) is 0 Å². The minimum atomic E-state index is -3.71. The van der Waals surface area contributed by atoms with Crippen LogP contribution in [0.15, 0.2) is 77.7 Å². The number of rotatable bonds is 8. The summed E-state index contributed by atoms with van der Waals surface area (Å²) >= 11 is 0.